The molecular formula is C10H10Cl2N2O2S. The zero-order valence-electron chi connectivity index (χ0n) is 8.70. The van der Waals surface area contributed by atoms with Gasteiger partial charge in [0.2, 0.25) is 5.91 Å². The van der Waals surface area contributed by atoms with Crippen LogP contribution < -0.4 is 11.1 Å². The van der Waals surface area contributed by atoms with Crippen LogP contribution in [0.4, 0.5) is 4.79 Å². The number of carbonyl (C=O) groups excluding carboxylic acids is 2. The number of hydrogen-bond acceptors (Lipinski definition) is 3. The Kier molecular flexibility index (Phi) is 5.61. The number of rotatable bonds is 4. The number of hydrogen-bond donors (Lipinski definition) is 2. The van der Waals surface area contributed by atoms with E-state index in [0.29, 0.717) is 15.8 Å². The van der Waals surface area contributed by atoms with Crippen LogP contribution in [0.15, 0.2) is 23.1 Å². The van der Waals surface area contributed by atoms with Crippen molar-refractivity contribution < 1.29 is 9.59 Å². The fraction of sp³-hybridized carbons (Fsp3) is 0.200. The summed E-state index contributed by atoms with van der Waals surface area (Å²) in [4.78, 5) is 22.2. The number of urea groups is 1. The van der Waals surface area contributed by atoms with Crippen LogP contribution in [0.2, 0.25) is 10.0 Å². The number of carbonyl (C=O) groups is 2. The van der Waals surface area contributed by atoms with Gasteiger partial charge in [-0.3, -0.25) is 10.1 Å². The Bertz CT molecular complexity index is 420. The molecule has 1 aromatic rings. The second-order valence-electron chi connectivity index (χ2n) is 3.06. The molecule has 7 heteroatoms. The second kappa shape index (κ2) is 6.74. The third-order valence-corrected chi connectivity index (χ3v) is 3.75. The van der Waals surface area contributed by atoms with Crippen molar-refractivity contribution in [2.45, 2.75) is 11.3 Å². The zero-order chi connectivity index (χ0) is 12.8. The molecule has 3 amide bonds. The van der Waals surface area contributed by atoms with Gasteiger partial charge in [-0.2, -0.15) is 0 Å². The third-order valence-electron chi connectivity index (χ3n) is 1.76. The van der Waals surface area contributed by atoms with Crippen LogP contribution in [0.5, 0.6) is 0 Å². The fourth-order valence-electron chi connectivity index (χ4n) is 1.07. The molecule has 0 aliphatic carbocycles. The van der Waals surface area contributed by atoms with Gasteiger partial charge in [0.05, 0.1) is 10.0 Å². The molecule has 0 saturated heterocycles. The van der Waals surface area contributed by atoms with Crippen LogP contribution in [0.25, 0.3) is 0 Å². The molecule has 0 unspecified atom stereocenters. The highest BCUT2D eigenvalue weighted by Crippen LogP contribution is 2.33. The number of halogens is 2. The average Bonchev–Trinajstić information content (AvgIpc) is 2.21. The molecule has 0 atom stereocenters. The van der Waals surface area contributed by atoms with Gasteiger partial charge in [0.25, 0.3) is 0 Å². The summed E-state index contributed by atoms with van der Waals surface area (Å²) < 4.78 is 0. The summed E-state index contributed by atoms with van der Waals surface area (Å²) in [7, 11) is 0. The number of nitrogens with one attached hydrogen (secondary N) is 1. The Labute approximate surface area is 113 Å². The van der Waals surface area contributed by atoms with Gasteiger partial charge in [0.1, 0.15) is 0 Å². The molecule has 0 aromatic heterocycles. The van der Waals surface area contributed by atoms with Crippen molar-refractivity contribution in [1.29, 1.82) is 0 Å². The van der Waals surface area contributed by atoms with Gasteiger partial charge < -0.3 is 5.73 Å². The van der Waals surface area contributed by atoms with Crippen molar-refractivity contribution in [3.05, 3.63) is 28.2 Å². The number of amides is 3. The number of benzene rings is 1. The molecule has 0 heterocycles. The molecule has 17 heavy (non-hydrogen) atoms. The molecule has 0 aliphatic heterocycles. The summed E-state index contributed by atoms with van der Waals surface area (Å²) in [5.74, 6) is 0.0379. The summed E-state index contributed by atoms with van der Waals surface area (Å²) in [6, 6.07) is 4.34. The molecule has 0 spiro atoms. The van der Waals surface area contributed by atoms with E-state index < -0.39 is 11.9 Å². The Balaban J connectivity index is 2.46. The minimum Gasteiger partial charge on any atom is -0.351 e. The Morgan fingerprint density at radius 3 is 2.41 bits per heavy atom. The molecule has 1 aromatic carbocycles. The molecule has 0 fully saturated rings. The summed E-state index contributed by atoms with van der Waals surface area (Å²) >= 11 is 13.3. The maximum atomic E-state index is 11.1. The number of imide groups is 1. The Hall–Kier alpha value is -0.910. The van der Waals surface area contributed by atoms with Crippen LogP contribution in [-0.4, -0.2) is 17.7 Å². The SMILES string of the molecule is NC(=O)NC(=O)CCSc1c(Cl)cccc1Cl. The van der Waals surface area contributed by atoms with Crippen LogP contribution >= 0.6 is 35.0 Å². The lowest BCUT2D eigenvalue weighted by molar-refractivity contribution is -0.119. The summed E-state index contributed by atoms with van der Waals surface area (Å²) in [5.41, 5.74) is 4.80. The van der Waals surface area contributed by atoms with Crippen LogP contribution in [-0.2, 0) is 4.79 Å². The number of nitrogens with two attached hydrogens (primary N) is 1. The highest BCUT2D eigenvalue weighted by Gasteiger charge is 2.08. The van der Waals surface area contributed by atoms with Gasteiger partial charge in [-0.25, -0.2) is 4.79 Å². The predicted molar refractivity (Wildman–Crippen MR) is 69.5 cm³/mol. The first kappa shape index (κ1) is 14.2. The first-order valence-electron chi connectivity index (χ1n) is 4.67. The topological polar surface area (TPSA) is 72.2 Å². The first-order chi connectivity index (χ1) is 8.00. The van der Waals surface area contributed by atoms with Crippen LogP contribution in [0, 0.1) is 0 Å². The quantitative estimate of drug-likeness (QED) is 0.838. The van der Waals surface area contributed by atoms with Crippen LogP contribution in [0.3, 0.4) is 0 Å². The monoisotopic (exact) mass is 292 g/mol. The highest BCUT2D eigenvalue weighted by molar-refractivity contribution is 7.99. The molecule has 0 bridgehead atoms. The average molecular weight is 293 g/mol. The van der Waals surface area contributed by atoms with Gasteiger partial charge in [0.15, 0.2) is 0 Å². The van der Waals surface area contributed by atoms with E-state index in [-0.39, 0.29) is 6.42 Å². The van der Waals surface area contributed by atoms with E-state index in [1.54, 1.807) is 18.2 Å². The molecule has 0 aliphatic rings. The molecule has 3 N–H and O–H groups in total. The van der Waals surface area contributed by atoms with E-state index in [4.69, 9.17) is 28.9 Å². The Morgan fingerprint density at radius 2 is 1.88 bits per heavy atom. The molecule has 92 valence electrons. The maximum Gasteiger partial charge on any atom is 0.318 e. The van der Waals surface area contributed by atoms with E-state index in [1.807, 2.05) is 5.32 Å². The van der Waals surface area contributed by atoms with Crippen molar-refractivity contribution >= 4 is 46.9 Å². The lowest BCUT2D eigenvalue weighted by Gasteiger charge is -2.05. The summed E-state index contributed by atoms with van der Waals surface area (Å²) in [6.45, 7) is 0. The highest BCUT2D eigenvalue weighted by atomic mass is 35.5. The van der Waals surface area contributed by atoms with Crippen molar-refractivity contribution in [1.82, 2.24) is 5.32 Å². The van der Waals surface area contributed by atoms with Gasteiger partial charge in [-0.15, -0.1) is 11.8 Å². The van der Waals surface area contributed by atoms with Crippen LogP contribution in [0.1, 0.15) is 6.42 Å². The smallest absolute Gasteiger partial charge is 0.318 e. The van der Waals surface area contributed by atoms with E-state index >= 15 is 0 Å². The minimum atomic E-state index is -0.851. The second-order valence-corrected chi connectivity index (χ2v) is 4.98. The number of primary amides is 1. The molecule has 0 radical (unpaired) electrons. The lowest BCUT2D eigenvalue weighted by Crippen LogP contribution is -2.35. The van der Waals surface area contributed by atoms with Gasteiger partial charge in [-0.1, -0.05) is 29.3 Å². The molecular weight excluding hydrogens is 283 g/mol. The standard InChI is InChI=1S/C10H10Cl2N2O2S/c11-6-2-1-3-7(12)9(6)17-5-4-8(15)14-10(13)16/h1-3H,4-5H2,(H3,13,14,15,16). The normalized spacial score (nSPS) is 10.0. The molecule has 1 rings (SSSR count). The number of thioether (sulfide) groups is 1. The van der Waals surface area contributed by atoms with Gasteiger partial charge in [-0.05, 0) is 12.1 Å². The van der Waals surface area contributed by atoms with Gasteiger partial charge in [0, 0.05) is 17.1 Å². The minimum absolute atomic E-state index is 0.162. The predicted octanol–water partition coefficient (Wildman–Crippen LogP) is 2.67. The van der Waals surface area contributed by atoms with E-state index in [9.17, 15) is 9.59 Å². The molecule has 0 saturated carbocycles. The van der Waals surface area contributed by atoms with Crippen molar-refractivity contribution in [3.63, 3.8) is 0 Å². The maximum absolute atomic E-state index is 11.1. The fourth-order valence-corrected chi connectivity index (χ4v) is 2.69. The van der Waals surface area contributed by atoms with Crippen molar-refractivity contribution in [2.24, 2.45) is 5.73 Å². The van der Waals surface area contributed by atoms with E-state index in [0.717, 1.165) is 4.90 Å². The Morgan fingerprint density at radius 1 is 1.29 bits per heavy atom. The first-order valence-corrected chi connectivity index (χ1v) is 6.41. The summed E-state index contributed by atoms with van der Waals surface area (Å²) in [6.07, 6.45) is 0.162. The zero-order valence-corrected chi connectivity index (χ0v) is 11.0. The molecule has 4 nitrogen and oxygen atoms in total. The lowest BCUT2D eigenvalue weighted by atomic mass is 10.4. The van der Waals surface area contributed by atoms with Gasteiger partial charge >= 0.3 is 6.03 Å². The third kappa shape index (κ3) is 4.85. The largest absolute Gasteiger partial charge is 0.351 e. The van der Waals surface area contributed by atoms with E-state index in [2.05, 4.69) is 0 Å². The van der Waals surface area contributed by atoms with Crippen molar-refractivity contribution in [3.8, 4) is 0 Å². The van der Waals surface area contributed by atoms with Crippen molar-refractivity contribution in [2.75, 3.05) is 5.75 Å². The van der Waals surface area contributed by atoms with E-state index in [1.165, 1.54) is 11.8 Å². The summed E-state index contributed by atoms with van der Waals surface area (Å²) in [5, 5.41) is 3.06.